The Labute approximate surface area is 133 Å². The first-order valence-electron chi connectivity index (χ1n) is 7.95. The molecule has 2 rings (SSSR count). The number of nitrogens with zero attached hydrogens (tertiary/aromatic N) is 1. The number of benzene rings is 1. The van der Waals surface area contributed by atoms with E-state index in [4.69, 9.17) is 0 Å². The predicted molar refractivity (Wildman–Crippen MR) is 92.8 cm³/mol. The van der Waals surface area contributed by atoms with Gasteiger partial charge < -0.3 is 9.88 Å². The molecule has 2 aromatic rings. The van der Waals surface area contributed by atoms with Crippen molar-refractivity contribution in [1.29, 1.82) is 0 Å². The van der Waals surface area contributed by atoms with Gasteiger partial charge in [-0.2, -0.15) is 0 Å². The fraction of sp³-hybridized carbons (Fsp3) is 0.421. The van der Waals surface area contributed by atoms with Crippen molar-refractivity contribution in [2.75, 3.05) is 0 Å². The maximum absolute atomic E-state index is 12.2. The molecule has 1 N–H and O–H groups in total. The van der Waals surface area contributed by atoms with Crippen molar-refractivity contribution >= 4 is 0 Å². The van der Waals surface area contributed by atoms with Gasteiger partial charge in [-0.05, 0) is 51.3 Å². The lowest BCUT2D eigenvalue weighted by Gasteiger charge is -2.17. The fourth-order valence-corrected chi connectivity index (χ4v) is 2.47. The highest BCUT2D eigenvalue weighted by Gasteiger charge is 2.09. The minimum Gasteiger partial charge on any atom is -0.320 e. The van der Waals surface area contributed by atoms with E-state index in [2.05, 4.69) is 55.8 Å². The highest BCUT2D eigenvalue weighted by atomic mass is 16.1. The molecule has 0 aliphatic carbocycles. The number of hydrogen-bond donors (Lipinski definition) is 1. The zero-order valence-electron chi connectivity index (χ0n) is 14.2. The second kappa shape index (κ2) is 6.93. The highest BCUT2D eigenvalue weighted by Crippen LogP contribution is 2.17. The standard InChI is InChI=1S/C19H26N2O/c1-6-15(4)20-11-17-12-21(16(5)10-19(17)22)18-9-13(2)7-8-14(18)3/h7-10,12,15,20H,6,11H2,1-5H3. The number of aryl methyl sites for hydroxylation is 3. The van der Waals surface area contributed by atoms with E-state index in [0.717, 1.165) is 23.4 Å². The molecule has 1 unspecified atom stereocenters. The molecule has 1 aromatic carbocycles. The third-order valence-electron chi connectivity index (χ3n) is 4.20. The number of rotatable bonds is 5. The normalized spacial score (nSPS) is 12.4. The Balaban J connectivity index is 2.44. The zero-order chi connectivity index (χ0) is 16.3. The largest absolute Gasteiger partial charge is 0.320 e. The summed E-state index contributed by atoms with van der Waals surface area (Å²) < 4.78 is 2.12. The molecular formula is C19H26N2O. The summed E-state index contributed by atoms with van der Waals surface area (Å²) in [7, 11) is 0. The summed E-state index contributed by atoms with van der Waals surface area (Å²) >= 11 is 0. The lowest BCUT2D eigenvalue weighted by molar-refractivity contribution is 0.531. The highest BCUT2D eigenvalue weighted by molar-refractivity contribution is 5.45. The van der Waals surface area contributed by atoms with Crippen LogP contribution in [0.15, 0.2) is 35.3 Å². The van der Waals surface area contributed by atoms with E-state index in [1.165, 1.54) is 11.1 Å². The van der Waals surface area contributed by atoms with Crippen molar-refractivity contribution in [3.8, 4) is 5.69 Å². The topological polar surface area (TPSA) is 34.0 Å². The number of hydrogen-bond acceptors (Lipinski definition) is 2. The predicted octanol–water partition coefficient (Wildman–Crippen LogP) is 3.65. The van der Waals surface area contributed by atoms with Crippen LogP contribution in [-0.4, -0.2) is 10.6 Å². The van der Waals surface area contributed by atoms with Gasteiger partial charge in [0.2, 0.25) is 0 Å². The van der Waals surface area contributed by atoms with Crippen LogP contribution in [-0.2, 0) is 6.54 Å². The molecule has 1 atom stereocenters. The first-order valence-corrected chi connectivity index (χ1v) is 7.95. The lowest BCUT2D eigenvalue weighted by atomic mass is 10.1. The molecule has 22 heavy (non-hydrogen) atoms. The van der Waals surface area contributed by atoms with Gasteiger partial charge in [0.05, 0.1) is 0 Å². The average Bonchev–Trinajstić information content (AvgIpc) is 2.49. The Kier molecular flexibility index (Phi) is 5.19. The van der Waals surface area contributed by atoms with Crippen molar-refractivity contribution in [2.45, 2.75) is 53.6 Å². The monoisotopic (exact) mass is 298 g/mol. The first kappa shape index (κ1) is 16.5. The zero-order valence-corrected chi connectivity index (χ0v) is 14.2. The fourth-order valence-electron chi connectivity index (χ4n) is 2.47. The van der Waals surface area contributed by atoms with Crippen molar-refractivity contribution in [1.82, 2.24) is 9.88 Å². The second-order valence-corrected chi connectivity index (χ2v) is 6.15. The van der Waals surface area contributed by atoms with Crippen molar-refractivity contribution in [3.05, 3.63) is 63.1 Å². The Hall–Kier alpha value is -1.87. The van der Waals surface area contributed by atoms with Crippen LogP contribution in [0.5, 0.6) is 0 Å². The average molecular weight is 298 g/mol. The summed E-state index contributed by atoms with van der Waals surface area (Å²) in [5.41, 5.74) is 5.45. The molecule has 3 heteroatoms. The van der Waals surface area contributed by atoms with Gasteiger partial charge in [-0.25, -0.2) is 0 Å². The molecule has 0 bridgehead atoms. The second-order valence-electron chi connectivity index (χ2n) is 6.15. The van der Waals surface area contributed by atoms with Crippen LogP contribution in [0.1, 0.15) is 42.7 Å². The molecular weight excluding hydrogens is 272 g/mol. The van der Waals surface area contributed by atoms with Crippen LogP contribution < -0.4 is 10.7 Å². The summed E-state index contributed by atoms with van der Waals surface area (Å²) in [5.74, 6) is 0. The van der Waals surface area contributed by atoms with Crippen LogP contribution in [0.25, 0.3) is 5.69 Å². The van der Waals surface area contributed by atoms with Crippen molar-refractivity contribution in [2.24, 2.45) is 0 Å². The van der Waals surface area contributed by atoms with Gasteiger partial charge in [0.15, 0.2) is 5.43 Å². The quantitative estimate of drug-likeness (QED) is 0.914. The maximum atomic E-state index is 12.2. The SMILES string of the molecule is CCC(C)NCc1cn(-c2cc(C)ccc2C)c(C)cc1=O. The molecule has 0 saturated heterocycles. The number of nitrogens with one attached hydrogen (secondary N) is 1. The molecule has 0 saturated carbocycles. The van der Waals surface area contributed by atoms with Gasteiger partial charge in [0.1, 0.15) is 0 Å². The first-order chi connectivity index (χ1) is 10.4. The van der Waals surface area contributed by atoms with Crippen LogP contribution in [0.4, 0.5) is 0 Å². The Bertz CT molecular complexity index is 716. The van der Waals surface area contributed by atoms with E-state index in [0.29, 0.717) is 12.6 Å². The van der Waals surface area contributed by atoms with E-state index in [1.54, 1.807) is 6.07 Å². The summed E-state index contributed by atoms with van der Waals surface area (Å²) in [4.78, 5) is 12.2. The Morgan fingerprint density at radius 3 is 2.59 bits per heavy atom. The minimum atomic E-state index is 0.106. The van der Waals surface area contributed by atoms with Crippen LogP contribution in [0, 0.1) is 20.8 Å². The van der Waals surface area contributed by atoms with E-state index in [-0.39, 0.29) is 5.43 Å². The van der Waals surface area contributed by atoms with Gasteiger partial charge in [0.25, 0.3) is 0 Å². The van der Waals surface area contributed by atoms with E-state index >= 15 is 0 Å². The minimum absolute atomic E-state index is 0.106. The molecule has 0 radical (unpaired) electrons. The summed E-state index contributed by atoms with van der Waals surface area (Å²) in [6, 6.07) is 8.55. The Morgan fingerprint density at radius 1 is 1.18 bits per heavy atom. The molecule has 1 aromatic heterocycles. The molecule has 0 amide bonds. The van der Waals surface area contributed by atoms with E-state index < -0.39 is 0 Å². The number of aromatic nitrogens is 1. The molecule has 0 aliphatic heterocycles. The third-order valence-corrected chi connectivity index (χ3v) is 4.20. The van der Waals surface area contributed by atoms with E-state index in [1.807, 2.05) is 13.1 Å². The molecule has 1 heterocycles. The molecule has 3 nitrogen and oxygen atoms in total. The number of pyridine rings is 1. The molecule has 0 aliphatic rings. The lowest BCUT2D eigenvalue weighted by Crippen LogP contribution is -2.28. The molecule has 0 spiro atoms. The van der Waals surface area contributed by atoms with Gasteiger partial charge >= 0.3 is 0 Å². The van der Waals surface area contributed by atoms with Gasteiger partial charge in [-0.1, -0.05) is 19.1 Å². The summed E-state index contributed by atoms with van der Waals surface area (Å²) in [6.07, 6.45) is 3.03. The van der Waals surface area contributed by atoms with Crippen molar-refractivity contribution < 1.29 is 0 Å². The Morgan fingerprint density at radius 2 is 1.91 bits per heavy atom. The summed E-state index contributed by atoms with van der Waals surface area (Å²) in [5, 5.41) is 3.40. The van der Waals surface area contributed by atoms with Crippen LogP contribution >= 0.6 is 0 Å². The van der Waals surface area contributed by atoms with Gasteiger partial charge in [0, 0.05) is 41.8 Å². The van der Waals surface area contributed by atoms with Crippen LogP contribution in [0.2, 0.25) is 0 Å². The molecule has 0 fully saturated rings. The van der Waals surface area contributed by atoms with Crippen LogP contribution in [0.3, 0.4) is 0 Å². The van der Waals surface area contributed by atoms with Crippen molar-refractivity contribution in [3.63, 3.8) is 0 Å². The summed E-state index contributed by atoms with van der Waals surface area (Å²) in [6.45, 7) is 11.1. The van der Waals surface area contributed by atoms with Gasteiger partial charge in [-0.15, -0.1) is 0 Å². The third kappa shape index (κ3) is 3.66. The van der Waals surface area contributed by atoms with Gasteiger partial charge in [-0.3, -0.25) is 4.79 Å². The van der Waals surface area contributed by atoms with E-state index in [9.17, 15) is 4.79 Å². The maximum Gasteiger partial charge on any atom is 0.186 e. The molecule has 118 valence electrons. The smallest absolute Gasteiger partial charge is 0.186 e.